The minimum absolute atomic E-state index is 0.0427. The summed E-state index contributed by atoms with van der Waals surface area (Å²) in [6.45, 7) is 7.16. The van der Waals surface area contributed by atoms with Crippen LogP contribution in [0.15, 0.2) is 54.2 Å². The number of carbonyl (C=O) groups excluding carboxylic acids is 4. The second-order valence-corrected chi connectivity index (χ2v) is 10.1. The maximum absolute atomic E-state index is 13.7. The van der Waals surface area contributed by atoms with E-state index >= 15 is 0 Å². The smallest absolute Gasteiger partial charge is 0.257 e. The third-order valence-corrected chi connectivity index (χ3v) is 8.44. The monoisotopic (exact) mass is 461 g/mol. The summed E-state index contributed by atoms with van der Waals surface area (Å²) in [4.78, 5) is 52.3. The molecule has 5 rings (SSSR count). The van der Waals surface area contributed by atoms with Crippen LogP contribution in [0.25, 0.3) is 0 Å². The Labute approximate surface area is 197 Å². The van der Waals surface area contributed by atoms with Gasteiger partial charge >= 0.3 is 0 Å². The average Bonchev–Trinajstić information content (AvgIpc) is 3.03. The molecule has 1 aromatic rings. The number of hydrogen-bond acceptors (Lipinski definition) is 6. The van der Waals surface area contributed by atoms with Crippen LogP contribution in [0.4, 0.5) is 0 Å². The number of allylic oxidation sites excluding steroid dienone is 5. The summed E-state index contributed by atoms with van der Waals surface area (Å²) in [6.07, 6.45) is 5.84. The molecular weight excluding hydrogens is 434 g/mol. The summed E-state index contributed by atoms with van der Waals surface area (Å²) in [5.74, 6) is -4.96. The normalized spacial score (nSPS) is 34.8. The molecule has 0 unspecified atom stereocenters. The number of phenols is 1. The van der Waals surface area contributed by atoms with Crippen LogP contribution in [0.5, 0.6) is 5.75 Å². The standard InChI is InChI=1S/C27H27NO6/c1-4-6-14-7-5-8-17(23(14)30)22-15-9-10-16-21(26(33)28(34)25(16)32)18(15)12-19-20(29)11-13(2)24(31)27(19,22)3/h4-5,7-9,11,16,18-19,21-22,30,34H,1,6,10,12H2,2-3H3/t16-,18+,19-,21-,22+,27+/m0/s1. The van der Waals surface area contributed by atoms with Crippen LogP contribution in [0.3, 0.4) is 0 Å². The number of hydrogen-bond donors (Lipinski definition) is 2. The number of Topliss-reactive ketones (excluding diaryl/α,β-unsaturated/α-hetero) is 1. The van der Waals surface area contributed by atoms with Crippen LogP contribution in [-0.4, -0.2) is 38.8 Å². The Kier molecular flexibility index (Phi) is 5.02. The second kappa shape index (κ2) is 7.60. The molecule has 2 amide bonds. The number of aromatic hydroxyl groups is 1. The van der Waals surface area contributed by atoms with E-state index in [1.165, 1.54) is 6.08 Å². The van der Waals surface area contributed by atoms with Crippen molar-refractivity contribution in [3.05, 3.63) is 65.3 Å². The predicted molar refractivity (Wildman–Crippen MR) is 122 cm³/mol. The molecule has 6 atom stereocenters. The average molecular weight is 462 g/mol. The summed E-state index contributed by atoms with van der Waals surface area (Å²) in [6, 6.07) is 5.35. The van der Waals surface area contributed by atoms with Crippen molar-refractivity contribution in [1.29, 1.82) is 0 Å². The fourth-order valence-electron chi connectivity index (χ4n) is 6.89. The van der Waals surface area contributed by atoms with E-state index in [-0.39, 0.29) is 35.2 Å². The first kappa shape index (κ1) is 22.5. The number of phenolic OH excluding ortho intramolecular Hbond substituents is 1. The first-order chi connectivity index (χ1) is 16.1. The lowest BCUT2D eigenvalue weighted by molar-refractivity contribution is -0.173. The third-order valence-electron chi connectivity index (χ3n) is 8.44. The highest BCUT2D eigenvalue weighted by Crippen LogP contribution is 2.63. The molecule has 7 nitrogen and oxygen atoms in total. The molecule has 1 saturated heterocycles. The summed E-state index contributed by atoms with van der Waals surface area (Å²) >= 11 is 0. The number of imide groups is 1. The maximum Gasteiger partial charge on any atom is 0.257 e. The number of para-hydroxylation sites is 1. The highest BCUT2D eigenvalue weighted by molar-refractivity contribution is 6.13. The van der Waals surface area contributed by atoms with Gasteiger partial charge in [-0.25, -0.2) is 0 Å². The quantitative estimate of drug-likeness (QED) is 0.406. The van der Waals surface area contributed by atoms with Gasteiger partial charge in [0.2, 0.25) is 0 Å². The van der Waals surface area contributed by atoms with Crippen LogP contribution in [0.2, 0.25) is 0 Å². The van der Waals surface area contributed by atoms with Gasteiger partial charge in [-0.15, -0.1) is 6.58 Å². The van der Waals surface area contributed by atoms with Crippen molar-refractivity contribution in [3.8, 4) is 5.75 Å². The molecule has 7 heteroatoms. The van der Waals surface area contributed by atoms with Gasteiger partial charge in [-0.2, -0.15) is 5.06 Å². The van der Waals surface area contributed by atoms with Crippen molar-refractivity contribution in [1.82, 2.24) is 5.06 Å². The van der Waals surface area contributed by atoms with E-state index in [2.05, 4.69) is 6.58 Å². The van der Waals surface area contributed by atoms with Crippen molar-refractivity contribution in [2.24, 2.45) is 29.1 Å². The number of rotatable bonds is 3. The van der Waals surface area contributed by atoms with Gasteiger partial charge < -0.3 is 5.11 Å². The molecular formula is C27H27NO6. The van der Waals surface area contributed by atoms with E-state index in [4.69, 9.17) is 0 Å². The van der Waals surface area contributed by atoms with Crippen LogP contribution in [-0.2, 0) is 25.6 Å². The Balaban J connectivity index is 1.75. The van der Waals surface area contributed by atoms with Gasteiger partial charge in [0, 0.05) is 17.4 Å². The van der Waals surface area contributed by atoms with E-state index in [1.54, 1.807) is 38.1 Å². The van der Waals surface area contributed by atoms with Crippen LogP contribution < -0.4 is 0 Å². The number of carbonyl (C=O) groups is 4. The molecule has 3 aliphatic carbocycles. The molecule has 1 aromatic carbocycles. The SMILES string of the molecule is C=CCc1cccc([C@H]2C3=CC[C@@H]4C(=O)N(O)C(=O)[C@@H]4[C@@H]3C[C@H]3C(=O)C=C(C)C(=O)[C@@]23C)c1O. The Morgan fingerprint density at radius 2 is 1.91 bits per heavy atom. The molecule has 34 heavy (non-hydrogen) atoms. The first-order valence-corrected chi connectivity index (χ1v) is 11.6. The molecule has 4 aliphatic rings. The first-order valence-electron chi connectivity index (χ1n) is 11.6. The Morgan fingerprint density at radius 1 is 1.18 bits per heavy atom. The minimum Gasteiger partial charge on any atom is -0.507 e. The highest BCUT2D eigenvalue weighted by Gasteiger charge is 2.63. The number of hydroxylamine groups is 2. The number of nitrogens with zero attached hydrogens (tertiary/aromatic N) is 1. The summed E-state index contributed by atoms with van der Waals surface area (Å²) in [5, 5.41) is 21.5. The molecule has 1 saturated carbocycles. The zero-order valence-electron chi connectivity index (χ0n) is 19.2. The largest absolute Gasteiger partial charge is 0.507 e. The molecule has 2 N–H and O–H groups in total. The minimum atomic E-state index is -1.15. The van der Waals surface area contributed by atoms with Crippen LogP contribution >= 0.6 is 0 Å². The lowest BCUT2D eigenvalue weighted by Gasteiger charge is -2.53. The fourth-order valence-corrected chi connectivity index (χ4v) is 6.89. The third kappa shape index (κ3) is 2.79. The van der Waals surface area contributed by atoms with Gasteiger partial charge in [-0.3, -0.25) is 24.4 Å². The van der Waals surface area contributed by atoms with E-state index in [1.807, 2.05) is 6.08 Å². The van der Waals surface area contributed by atoms with E-state index in [0.29, 0.717) is 23.1 Å². The van der Waals surface area contributed by atoms with Crippen molar-refractivity contribution in [3.63, 3.8) is 0 Å². The molecule has 1 aliphatic heterocycles. The molecule has 1 heterocycles. The lowest BCUT2D eigenvalue weighted by atomic mass is 9.47. The fraction of sp³-hybridized carbons (Fsp3) is 0.407. The summed E-state index contributed by atoms with van der Waals surface area (Å²) in [7, 11) is 0. The van der Waals surface area contributed by atoms with Gasteiger partial charge in [0.15, 0.2) is 11.6 Å². The van der Waals surface area contributed by atoms with Gasteiger partial charge in [-0.05, 0) is 49.3 Å². The number of fused-ring (bicyclic) bond motifs is 4. The van der Waals surface area contributed by atoms with E-state index in [0.717, 1.165) is 5.57 Å². The van der Waals surface area contributed by atoms with Crippen molar-refractivity contribution < 1.29 is 29.5 Å². The Hall–Kier alpha value is -3.32. The van der Waals surface area contributed by atoms with Gasteiger partial charge in [0.25, 0.3) is 11.8 Å². The number of amides is 2. The Morgan fingerprint density at radius 3 is 2.62 bits per heavy atom. The summed E-state index contributed by atoms with van der Waals surface area (Å²) < 4.78 is 0. The molecule has 0 bridgehead atoms. The molecule has 176 valence electrons. The zero-order valence-corrected chi connectivity index (χ0v) is 19.2. The summed E-state index contributed by atoms with van der Waals surface area (Å²) in [5.41, 5.74) is 1.17. The van der Waals surface area contributed by atoms with Crippen molar-refractivity contribution in [2.45, 2.75) is 39.0 Å². The molecule has 0 spiro atoms. The van der Waals surface area contributed by atoms with Gasteiger partial charge in [-0.1, -0.05) is 42.8 Å². The predicted octanol–water partition coefficient (Wildman–Crippen LogP) is 3.27. The van der Waals surface area contributed by atoms with E-state index in [9.17, 15) is 29.5 Å². The topological polar surface area (TPSA) is 112 Å². The van der Waals surface area contributed by atoms with Gasteiger partial charge in [0.05, 0.1) is 17.3 Å². The van der Waals surface area contributed by atoms with Crippen LogP contribution in [0, 0.1) is 29.1 Å². The van der Waals surface area contributed by atoms with Crippen molar-refractivity contribution in [2.75, 3.05) is 0 Å². The second-order valence-electron chi connectivity index (χ2n) is 10.1. The molecule has 0 radical (unpaired) electrons. The molecule has 0 aromatic heterocycles. The van der Waals surface area contributed by atoms with Crippen molar-refractivity contribution >= 4 is 23.4 Å². The number of benzene rings is 1. The zero-order chi connectivity index (χ0) is 24.5. The number of ketones is 2. The van der Waals surface area contributed by atoms with Gasteiger partial charge in [0.1, 0.15) is 5.75 Å². The van der Waals surface area contributed by atoms with E-state index < -0.39 is 46.8 Å². The maximum atomic E-state index is 13.7. The Bertz CT molecular complexity index is 1230. The molecule has 2 fully saturated rings. The highest BCUT2D eigenvalue weighted by atomic mass is 16.5. The lowest BCUT2D eigenvalue weighted by Crippen LogP contribution is -2.54. The van der Waals surface area contributed by atoms with Crippen LogP contribution in [0.1, 0.15) is 43.7 Å².